The van der Waals surface area contributed by atoms with Crippen LogP contribution in [0.1, 0.15) is 41.7 Å². The van der Waals surface area contributed by atoms with Gasteiger partial charge < -0.3 is 15.0 Å². The number of sulfonamides is 1. The molecule has 0 fully saturated rings. The zero-order valence-corrected chi connectivity index (χ0v) is 28.2. The molecule has 0 aliphatic heterocycles. The Labute approximate surface area is 273 Å². The molecule has 46 heavy (non-hydrogen) atoms. The summed E-state index contributed by atoms with van der Waals surface area (Å²) in [5.41, 5.74) is 4.59. The highest BCUT2D eigenvalue weighted by Gasteiger charge is 2.35. The van der Waals surface area contributed by atoms with E-state index in [9.17, 15) is 18.0 Å². The van der Waals surface area contributed by atoms with Crippen LogP contribution in [0.2, 0.25) is 0 Å². The number of nitrogens with zero attached hydrogens (tertiary/aromatic N) is 2. The maximum atomic E-state index is 14.6. The molecule has 1 atom stereocenters. The molecular formula is C37H43N3O5S. The summed E-state index contributed by atoms with van der Waals surface area (Å²) in [6.07, 6.45) is 0.239. The fraction of sp³-hybridized carbons (Fsp3) is 0.297. The number of aryl methyl sites for hydroxylation is 3. The standard InChI is InChI=1S/C37H43N3O5S/c1-26(2)38-37(42)35(23-30-11-8-7-9-12-30)39(24-31-13-10-14-32(22-31)45-6)36(41)25-40(34-20-17-28(4)21-29(34)5)46(43,44)33-18-15-27(3)16-19-33/h7-22,26,35H,23-25H2,1-6H3,(H,38,42). The van der Waals surface area contributed by atoms with Crippen molar-refractivity contribution in [3.63, 3.8) is 0 Å². The number of benzene rings is 4. The summed E-state index contributed by atoms with van der Waals surface area (Å²) >= 11 is 0. The number of methoxy groups -OCH3 is 1. The first-order valence-corrected chi connectivity index (χ1v) is 16.8. The summed E-state index contributed by atoms with van der Waals surface area (Å²) in [5, 5.41) is 2.98. The van der Waals surface area contributed by atoms with E-state index in [1.807, 2.05) is 95.3 Å². The normalized spacial score (nSPS) is 12.0. The Morgan fingerprint density at radius 2 is 1.46 bits per heavy atom. The van der Waals surface area contributed by atoms with E-state index in [1.165, 1.54) is 4.90 Å². The van der Waals surface area contributed by atoms with Crippen molar-refractivity contribution < 1.29 is 22.7 Å². The summed E-state index contributed by atoms with van der Waals surface area (Å²) < 4.78 is 35.2. The van der Waals surface area contributed by atoms with E-state index in [0.717, 1.165) is 26.6 Å². The van der Waals surface area contributed by atoms with Gasteiger partial charge in [-0.25, -0.2) is 8.42 Å². The molecule has 9 heteroatoms. The monoisotopic (exact) mass is 641 g/mol. The van der Waals surface area contributed by atoms with Gasteiger partial charge in [0, 0.05) is 19.0 Å². The maximum absolute atomic E-state index is 14.6. The summed E-state index contributed by atoms with van der Waals surface area (Å²) in [6, 6.07) is 27.7. The second kappa shape index (κ2) is 15.1. The van der Waals surface area contributed by atoms with E-state index in [2.05, 4.69) is 5.32 Å². The number of nitrogens with one attached hydrogen (secondary N) is 1. The van der Waals surface area contributed by atoms with Crippen LogP contribution in [0.5, 0.6) is 5.75 Å². The fourth-order valence-corrected chi connectivity index (χ4v) is 6.82. The molecule has 4 rings (SSSR count). The van der Waals surface area contributed by atoms with Crippen LogP contribution in [-0.2, 0) is 32.6 Å². The third-order valence-electron chi connectivity index (χ3n) is 7.70. The highest BCUT2D eigenvalue weighted by molar-refractivity contribution is 7.92. The Morgan fingerprint density at radius 1 is 0.804 bits per heavy atom. The molecule has 8 nitrogen and oxygen atoms in total. The largest absolute Gasteiger partial charge is 0.497 e. The number of anilines is 1. The molecule has 0 aromatic heterocycles. The molecule has 0 bridgehead atoms. The number of amides is 2. The van der Waals surface area contributed by atoms with Crippen LogP contribution in [0.15, 0.2) is 102 Å². The minimum Gasteiger partial charge on any atom is -0.497 e. The van der Waals surface area contributed by atoms with Gasteiger partial charge in [-0.05, 0) is 81.6 Å². The molecule has 0 aliphatic rings. The van der Waals surface area contributed by atoms with Crippen LogP contribution < -0.4 is 14.4 Å². The molecule has 4 aromatic rings. The van der Waals surface area contributed by atoms with Crippen molar-refractivity contribution in [3.8, 4) is 5.75 Å². The molecule has 0 saturated carbocycles. The van der Waals surface area contributed by atoms with Gasteiger partial charge in [-0.2, -0.15) is 0 Å². The third-order valence-corrected chi connectivity index (χ3v) is 9.47. The molecule has 1 unspecified atom stereocenters. The topological polar surface area (TPSA) is 96.0 Å². The van der Waals surface area contributed by atoms with E-state index in [4.69, 9.17) is 4.74 Å². The lowest BCUT2D eigenvalue weighted by Gasteiger charge is -2.34. The van der Waals surface area contributed by atoms with Gasteiger partial charge >= 0.3 is 0 Å². The van der Waals surface area contributed by atoms with E-state index in [-0.39, 0.29) is 29.8 Å². The number of carbonyl (C=O) groups is 2. The predicted molar refractivity (Wildman–Crippen MR) is 182 cm³/mol. The quantitative estimate of drug-likeness (QED) is 0.194. The van der Waals surface area contributed by atoms with Crippen molar-refractivity contribution in [1.29, 1.82) is 0 Å². The van der Waals surface area contributed by atoms with Gasteiger partial charge in [0.25, 0.3) is 10.0 Å². The van der Waals surface area contributed by atoms with Gasteiger partial charge in [-0.3, -0.25) is 13.9 Å². The molecule has 0 radical (unpaired) electrons. The fourth-order valence-electron chi connectivity index (χ4n) is 5.34. The highest BCUT2D eigenvalue weighted by atomic mass is 32.2. The Bertz CT molecular complexity index is 1760. The van der Waals surface area contributed by atoms with Crippen molar-refractivity contribution in [2.24, 2.45) is 0 Å². The Balaban J connectivity index is 1.84. The smallest absolute Gasteiger partial charge is 0.264 e. The second-order valence-electron chi connectivity index (χ2n) is 11.9. The van der Waals surface area contributed by atoms with E-state index < -0.39 is 28.5 Å². The number of rotatable bonds is 13. The lowest BCUT2D eigenvalue weighted by atomic mass is 10.0. The number of ether oxygens (including phenoxy) is 1. The van der Waals surface area contributed by atoms with Crippen LogP contribution in [0, 0.1) is 20.8 Å². The van der Waals surface area contributed by atoms with Gasteiger partial charge in [-0.1, -0.05) is 77.9 Å². The average molecular weight is 642 g/mol. The number of hydrogen-bond acceptors (Lipinski definition) is 5. The third kappa shape index (κ3) is 8.54. The summed E-state index contributed by atoms with van der Waals surface area (Å²) in [7, 11) is -2.61. The van der Waals surface area contributed by atoms with Crippen molar-refractivity contribution in [2.75, 3.05) is 18.0 Å². The molecule has 242 valence electrons. The molecule has 0 aliphatic carbocycles. The zero-order valence-electron chi connectivity index (χ0n) is 27.4. The SMILES string of the molecule is COc1cccc(CN(C(=O)CN(c2ccc(C)cc2C)S(=O)(=O)c2ccc(C)cc2)C(Cc2ccccc2)C(=O)NC(C)C)c1. The van der Waals surface area contributed by atoms with Crippen molar-refractivity contribution >= 4 is 27.5 Å². The Hall–Kier alpha value is -4.63. The van der Waals surface area contributed by atoms with Crippen LogP contribution >= 0.6 is 0 Å². The van der Waals surface area contributed by atoms with Gasteiger partial charge in [0.1, 0.15) is 18.3 Å². The van der Waals surface area contributed by atoms with Crippen molar-refractivity contribution in [1.82, 2.24) is 10.2 Å². The molecule has 0 spiro atoms. The predicted octanol–water partition coefficient (Wildman–Crippen LogP) is 5.98. The summed E-state index contributed by atoms with van der Waals surface area (Å²) in [5.74, 6) is -0.233. The van der Waals surface area contributed by atoms with E-state index in [0.29, 0.717) is 17.0 Å². The van der Waals surface area contributed by atoms with Gasteiger partial charge in [0.05, 0.1) is 17.7 Å². The maximum Gasteiger partial charge on any atom is 0.264 e. The Morgan fingerprint density at radius 3 is 2.09 bits per heavy atom. The first-order chi connectivity index (χ1) is 21.9. The minimum atomic E-state index is -4.18. The van der Waals surface area contributed by atoms with E-state index >= 15 is 0 Å². The first-order valence-electron chi connectivity index (χ1n) is 15.3. The summed E-state index contributed by atoms with van der Waals surface area (Å²) in [4.78, 5) is 30.0. The first kappa shape index (κ1) is 34.2. The number of carbonyl (C=O) groups excluding carboxylic acids is 2. The second-order valence-corrected chi connectivity index (χ2v) is 13.7. The molecule has 2 amide bonds. The summed E-state index contributed by atoms with van der Waals surface area (Å²) in [6.45, 7) is 8.91. The van der Waals surface area contributed by atoms with Gasteiger partial charge in [0.15, 0.2) is 0 Å². The van der Waals surface area contributed by atoms with E-state index in [1.54, 1.807) is 43.5 Å². The van der Waals surface area contributed by atoms with Crippen LogP contribution in [0.4, 0.5) is 5.69 Å². The Kier molecular flexibility index (Phi) is 11.2. The van der Waals surface area contributed by atoms with Crippen molar-refractivity contribution in [3.05, 3.63) is 125 Å². The molecular weight excluding hydrogens is 598 g/mol. The number of hydrogen-bond donors (Lipinski definition) is 1. The van der Waals surface area contributed by atoms with Crippen molar-refractivity contribution in [2.45, 2.75) is 64.6 Å². The van der Waals surface area contributed by atoms with Crippen LogP contribution in [-0.4, -0.2) is 50.9 Å². The van der Waals surface area contributed by atoms with Gasteiger partial charge in [-0.15, -0.1) is 0 Å². The lowest BCUT2D eigenvalue weighted by Crippen LogP contribution is -2.54. The molecule has 1 N–H and O–H groups in total. The average Bonchev–Trinajstić information content (AvgIpc) is 3.02. The molecule has 4 aromatic carbocycles. The zero-order chi connectivity index (χ0) is 33.4. The molecule has 0 saturated heterocycles. The molecule has 0 heterocycles. The minimum absolute atomic E-state index is 0.0599. The lowest BCUT2D eigenvalue weighted by molar-refractivity contribution is -0.140. The van der Waals surface area contributed by atoms with Gasteiger partial charge in [0.2, 0.25) is 11.8 Å². The van der Waals surface area contributed by atoms with Crippen LogP contribution in [0.25, 0.3) is 0 Å². The highest BCUT2D eigenvalue weighted by Crippen LogP contribution is 2.29. The van der Waals surface area contributed by atoms with Crippen LogP contribution in [0.3, 0.4) is 0 Å².